The Hall–Kier alpha value is -2.70. The van der Waals surface area contributed by atoms with Gasteiger partial charge in [0.15, 0.2) is 5.82 Å². The third-order valence-corrected chi connectivity index (χ3v) is 3.68. The van der Waals surface area contributed by atoms with E-state index in [1.54, 1.807) is 0 Å². The summed E-state index contributed by atoms with van der Waals surface area (Å²) >= 11 is 0. The van der Waals surface area contributed by atoms with Crippen LogP contribution >= 0.6 is 0 Å². The number of hydrogen-bond acceptors (Lipinski definition) is 5. The predicted octanol–water partition coefficient (Wildman–Crippen LogP) is 2.78. The first-order chi connectivity index (χ1) is 10.3. The Morgan fingerprint density at radius 2 is 1.76 bits per heavy atom. The fourth-order valence-electron chi connectivity index (χ4n) is 2.62. The molecule has 0 amide bonds. The number of fused-ring (bicyclic) bond motifs is 1. The summed E-state index contributed by atoms with van der Waals surface area (Å²) in [7, 11) is 0. The molecular formula is C16H15N5. The van der Waals surface area contributed by atoms with E-state index in [1.807, 2.05) is 30.3 Å². The molecule has 0 saturated carbocycles. The molecule has 2 heterocycles. The van der Waals surface area contributed by atoms with Gasteiger partial charge >= 0.3 is 0 Å². The molecule has 0 spiro atoms. The maximum Gasteiger partial charge on any atom is 0.157 e. The first-order valence-electron chi connectivity index (χ1n) is 7.05. The number of nitrogens with zero attached hydrogens (tertiary/aromatic N) is 4. The van der Waals surface area contributed by atoms with E-state index in [1.165, 1.54) is 6.42 Å². The molecule has 1 N–H and O–H groups in total. The minimum absolute atomic E-state index is 0.133. The largest absolute Gasteiger partial charge is 0.355 e. The van der Waals surface area contributed by atoms with Crippen LogP contribution in [0.25, 0.3) is 16.6 Å². The van der Waals surface area contributed by atoms with Crippen LogP contribution in [0.3, 0.4) is 0 Å². The van der Waals surface area contributed by atoms with Crippen molar-refractivity contribution in [1.29, 1.82) is 10.7 Å². The van der Waals surface area contributed by atoms with E-state index < -0.39 is 0 Å². The minimum Gasteiger partial charge on any atom is -0.355 e. The summed E-state index contributed by atoms with van der Waals surface area (Å²) in [4.78, 5) is 11.4. The highest BCUT2D eigenvalue weighted by molar-refractivity contribution is 5.99. The van der Waals surface area contributed by atoms with Crippen molar-refractivity contribution in [1.82, 2.24) is 9.97 Å². The van der Waals surface area contributed by atoms with E-state index in [0.717, 1.165) is 37.0 Å². The van der Waals surface area contributed by atoms with Gasteiger partial charge in [-0.2, -0.15) is 5.26 Å². The number of piperidine rings is 1. The zero-order valence-electron chi connectivity index (χ0n) is 11.6. The third kappa shape index (κ3) is 2.49. The van der Waals surface area contributed by atoms with Gasteiger partial charge in [-0.25, -0.2) is 9.97 Å². The SMILES string of the molecule is N#CC(=C=N)c1nc2ccccc2nc1N1CCCCC1. The summed E-state index contributed by atoms with van der Waals surface area (Å²) < 4.78 is 0. The van der Waals surface area contributed by atoms with Crippen molar-refractivity contribution in [2.45, 2.75) is 19.3 Å². The first kappa shape index (κ1) is 13.3. The highest BCUT2D eigenvalue weighted by atomic mass is 15.2. The smallest absolute Gasteiger partial charge is 0.157 e. The van der Waals surface area contributed by atoms with Crippen LogP contribution in [0.5, 0.6) is 0 Å². The zero-order valence-corrected chi connectivity index (χ0v) is 11.6. The Kier molecular flexibility index (Phi) is 3.63. The molecule has 0 radical (unpaired) electrons. The number of para-hydroxylation sites is 2. The second-order valence-electron chi connectivity index (χ2n) is 5.04. The molecule has 5 heteroatoms. The fourth-order valence-corrected chi connectivity index (χ4v) is 2.62. The van der Waals surface area contributed by atoms with Crippen LogP contribution < -0.4 is 4.90 Å². The van der Waals surface area contributed by atoms with Crippen molar-refractivity contribution >= 4 is 28.3 Å². The zero-order chi connectivity index (χ0) is 14.7. The van der Waals surface area contributed by atoms with E-state index in [4.69, 9.17) is 5.41 Å². The highest BCUT2D eigenvalue weighted by Crippen LogP contribution is 2.27. The molecule has 21 heavy (non-hydrogen) atoms. The van der Waals surface area contributed by atoms with Gasteiger partial charge in [-0.05, 0) is 37.3 Å². The predicted molar refractivity (Wildman–Crippen MR) is 82.3 cm³/mol. The Balaban J connectivity index is 2.21. The molecule has 0 aliphatic carbocycles. The lowest BCUT2D eigenvalue weighted by Crippen LogP contribution is -2.31. The Morgan fingerprint density at radius 1 is 1.10 bits per heavy atom. The number of nitrogens with one attached hydrogen (secondary N) is 1. The lowest BCUT2D eigenvalue weighted by Gasteiger charge is -2.28. The van der Waals surface area contributed by atoms with Gasteiger partial charge in [0.25, 0.3) is 0 Å². The topological polar surface area (TPSA) is 76.7 Å². The number of hydrogen-bond donors (Lipinski definition) is 1. The number of nitriles is 1. The molecule has 2 aromatic rings. The van der Waals surface area contributed by atoms with Gasteiger partial charge in [0.05, 0.1) is 11.0 Å². The minimum atomic E-state index is 0.133. The molecule has 104 valence electrons. The van der Waals surface area contributed by atoms with E-state index in [-0.39, 0.29) is 5.57 Å². The lowest BCUT2D eigenvalue weighted by atomic mass is 10.1. The van der Waals surface area contributed by atoms with Crippen LogP contribution in [-0.4, -0.2) is 28.9 Å². The standard InChI is InChI=1S/C16H15N5/c17-10-12(11-18)15-16(21-8-4-1-5-9-21)20-14-7-3-2-6-13(14)19-15/h2-3,6-7,17H,1,4-5,8-9H2. The summed E-state index contributed by atoms with van der Waals surface area (Å²) in [5.74, 6) is 2.89. The Bertz CT molecular complexity index is 762. The van der Waals surface area contributed by atoms with E-state index in [9.17, 15) is 5.26 Å². The van der Waals surface area contributed by atoms with Gasteiger partial charge in [-0.3, -0.25) is 5.41 Å². The second kappa shape index (κ2) is 5.74. The average Bonchev–Trinajstić information content (AvgIpc) is 2.56. The van der Waals surface area contributed by atoms with Crippen molar-refractivity contribution < 1.29 is 0 Å². The first-order valence-corrected chi connectivity index (χ1v) is 7.05. The van der Waals surface area contributed by atoms with Gasteiger partial charge in [-0.15, -0.1) is 0 Å². The fraction of sp³-hybridized carbons (Fsp3) is 0.312. The maximum atomic E-state index is 9.22. The molecule has 0 atom stereocenters. The molecule has 1 aliphatic rings. The molecule has 1 saturated heterocycles. The van der Waals surface area contributed by atoms with Crippen LogP contribution in [0.2, 0.25) is 0 Å². The summed E-state index contributed by atoms with van der Waals surface area (Å²) in [6, 6.07) is 9.60. The van der Waals surface area contributed by atoms with Gasteiger partial charge in [0, 0.05) is 13.1 Å². The molecule has 0 bridgehead atoms. The average molecular weight is 277 g/mol. The molecular weight excluding hydrogens is 262 g/mol. The van der Waals surface area contributed by atoms with Gasteiger partial charge in [-0.1, -0.05) is 12.1 Å². The highest BCUT2D eigenvalue weighted by Gasteiger charge is 2.20. The van der Waals surface area contributed by atoms with Crippen molar-refractivity contribution in [2.75, 3.05) is 18.0 Å². The summed E-state index contributed by atoms with van der Waals surface area (Å²) in [5, 5.41) is 16.5. The number of benzene rings is 1. The number of anilines is 1. The molecule has 1 aromatic heterocycles. The molecule has 1 aliphatic heterocycles. The van der Waals surface area contributed by atoms with Crippen molar-refractivity contribution in [3.63, 3.8) is 0 Å². The number of allylic oxidation sites excluding steroid dienone is 1. The normalized spacial score (nSPS) is 14.5. The summed E-state index contributed by atoms with van der Waals surface area (Å²) in [6.45, 7) is 1.83. The van der Waals surface area contributed by atoms with Crippen LogP contribution in [0.4, 0.5) is 5.82 Å². The lowest BCUT2D eigenvalue weighted by molar-refractivity contribution is 0.573. The van der Waals surface area contributed by atoms with E-state index in [2.05, 4.69) is 20.7 Å². The van der Waals surface area contributed by atoms with Crippen molar-refractivity contribution in [2.24, 2.45) is 0 Å². The van der Waals surface area contributed by atoms with Crippen LogP contribution in [0.15, 0.2) is 24.3 Å². The van der Waals surface area contributed by atoms with Gasteiger partial charge in [0.1, 0.15) is 17.3 Å². The summed E-state index contributed by atoms with van der Waals surface area (Å²) in [6.07, 6.45) is 3.45. The molecule has 1 fully saturated rings. The third-order valence-electron chi connectivity index (χ3n) is 3.68. The Labute approximate surface area is 123 Å². The maximum absolute atomic E-state index is 9.22. The van der Waals surface area contributed by atoms with Crippen LogP contribution in [-0.2, 0) is 0 Å². The van der Waals surface area contributed by atoms with Crippen LogP contribution in [0, 0.1) is 16.7 Å². The van der Waals surface area contributed by atoms with E-state index >= 15 is 0 Å². The van der Waals surface area contributed by atoms with E-state index in [0.29, 0.717) is 11.5 Å². The molecule has 0 unspecified atom stereocenters. The monoisotopic (exact) mass is 277 g/mol. The summed E-state index contributed by atoms with van der Waals surface area (Å²) in [5.41, 5.74) is 2.14. The second-order valence-corrected chi connectivity index (χ2v) is 5.04. The molecule has 5 nitrogen and oxygen atoms in total. The molecule has 3 rings (SSSR count). The van der Waals surface area contributed by atoms with Crippen molar-refractivity contribution in [3.8, 4) is 6.07 Å². The number of rotatable bonds is 2. The van der Waals surface area contributed by atoms with Gasteiger partial charge < -0.3 is 4.90 Å². The Morgan fingerprint density at radius 3 is 2.38 bits per heavy atom. The van der Waals surface area contributed by atoms with Crippen LogP contribution in [0.1, 0.15) is 25.0 Å². The van der Waals surface area contributed by atoms with Crippen molar-refractivity contribution in [3.05, 3.63) is 30.0 Å². The van der Waals surface area contributed by atoms with Gasteiger partial charge in [0.2, 0.25) is 0 Å². The quantitative estimate of drug-likeness (QED) is 0.676. The number of aromatic nitrogens is 2. The molecule has 1 aromatic carbocycles.